The van der Waals surface area contributed by atoms with Crippen LogP contribution in [0.3, 0.4) is 0 Å². The summed E-state index contributed by atoms with van der Waals surface area (Å²) in [6.07, 6.45) is 0. The molecule has 138 valence electrons. The number of rotatable bonds is 5. The van der Waals surface area contributed by atoms with Crippen LogP contribution >= 0.6 is 11.8 Å². The second kappa shape index (κ2) is 8.19. The maximum atomic E-state index is 13.3. The van der Waals surface area contributed by atoms with E-state index in [1.165, 1.54) is 23.9 Å². The molecule has 4 aromatic rings. The molecule has 0 unspecified atom stereocenters. The molecule has 0 saturated carbocycles. The molecule has 28 heavy (non-hydrogen) atoms. The van der Waals surface area contributed by atoms with Gasteiger partial charge in [0.25, 0.3) is 0 Å². The zero-order chi connectivity index (χ0) is 19.3. The number of benzene rings is 3. The minimum atomic E-state index is -0.389. The van der Waals surface area contributed by atoms with Gasteiger partial charge in [0.2, 0.25) is 5.91 Å². The lowest BCUT2D eigenvalue weighted by Crippen LogP contribution is -2.14. The number of fused-ring (bicyclic) bond motifs is 1. The van der Waals surface area contributed by atoms with Crippen LogP contribution in [0.2, 0.25) is 0 Å². The van der Waals surface area contributed by atoms with Gasteiger partial charge >= 0.3 is 0 Å². The third-order valence-corrected chi connectivity index (χ3v) is 5.04. The monoisotopic (exact) mass is 389 g/mol. The summed E-state index contributed by atoms with van der Waals surface area (Å²) in [6.45, 7) is 0. The Kier molecular flexibility index (Phi) is 5.30. The highest BCUT2D eigenvalue weighted by Gasteiger charge is 2.12. The van der Waals surface area contributed by atoms with Crippen LogP contribution in [0.5, 0.6) is 0 Å². The predicted molar refractivity (Wildman–Crippen MR) is 111 cm³/mol. The van der Waals surface area contributed by atoms with Gasteiger partial charge in [-0.3, -0.25) is 4.79 Å². The Balaban J connectivity index is 1.58. The van der Waals surface area contributed by atoms with Crippen LogP contribution in [0, 0.1) is 5.82 Å². The number of carbonyl (C=O) groups excluding carboxylic acids is 1. The molecule has 3 aromatic carbocycles. The zero-order valence-corrected chi connectivity index (χ0v) is 15.6. The second-order valence-electron chi connectivity index (χ2n) is 6.08. The van der Waals surface area contributed by atoms with Gasteiger partial charge in [-0.05, 0) is 24.3 Å². The largest absolute Gasteiger partial charge is 0.325 e. The molecule has 0 aliphatic rings. The van der Waals surface area contributed by atoms with Crippen LogP contribution < -0.4 is 5.32 Å². The predicted octanol–water partition coefficient (Wildman–Crippen LogP) is 5.17. The van der Waals surface area contributed by atoms with E-state index in [4.69, 9.17) is 0 Å². The van der Waals surface area contributed by atoms with Crippen molar-refractivity contribution in [3.05, 3.63) is 84.7 Å². The first-order valence-corrected chi connectivity index (χ1v) is 9.68. The first-order chi connectivity index (χ1) is 13.7. The van der Waals surface area contributed by atoms with E-state index in [1.54, 1.807) is 12.1 Å². The van der Waals surface area contributed by atoms with Crippen molar-refractivity contribution in [2.24, 2.45) is 0 Å². The molecule has 1 heterocycles. The van der Waals surface area contributed by atoms with E-state index >= 15 is 0 Å². The minimum Gasteiger partial charge on any atom is -0.325 e. The van der Waals surface area contributed by atoms with Gasteiger partial charge in [0, 0.05) is 16.6 Å². The van der Waals surface area contributed by atoms with E-state index in [1.807, 2.05) is 54.6 Å². The quantitative estimate of drug-likeness (QED) is 0.378. The van der Waals surface area contributed by atoms with Gasteiger partial charge in [-0.2, -0.15) is 0 Å². The van der Waals surface area contributed by atoms with E-state index in [9.17, 15) is 9.18 Å². The van der Waals surface area contributed by atoms with E-state index in [-0.39, 0.29) is 17.5 Å². The Morgan fingerprint density at radius 3 is 2.54 bits per heavy atom. The van der Waals surface area contributed by atoms with Crippen molar-refractivity contribution in [1.82, 2.24) is 9.97 Å². The van der Waals surface area contributed by atoms with Crippen molar-refractivity contribution in [2.45, 2.75) is 5.03 Å². The maximum Gasteiger partial charge on any atom is 0.234 e. The molecule has 1 amide bonds. The van der Waals surface area contributed by atoms with Gasteiger partial charge in [-0.15, -0.1) is 0 Å². The SMILES string of the molecule is O=C(CSc1nc(-c2ccccc2)nc2ccccc12)Nc1cccc(F)c1. The number of thioether (sulfide) groups is 1. The fraction of sp³-hybridized carbons (Fsp3) is 0.0455. The summed E-state index contributed by atoms with van der Waals surface area (Å²) in [5, 5.41) is 4.33. The third kappa shape index (κ3) is 4.18. The molecular weight excluding hydrogens is 373 g/mol. The number of halogens is 1. The number of aromatic nitrogens is 2. The van der Waals surface area contributed by atoms with Gasteiger partial charge < -0.3 is 5.32 Å². The summed E-state index contributed by atoms with van der Waals surface area (Å²) in [5.74, 6) is 0.165. The minimum absolute atomic E-state index is 0.158. The van der Waals surface area contributed by atoms with Crippen LogP contribution in [0.1, 0.15) is 0 Å². The summed E-state index contributed by atoms with van der Waals surface area (Å²) in [7, 11) is 0. The number of hydrogen-bond donors (Lipinski definition) is 1. The Morgan fingerprint density at radius 2 is 1.71 bits per heavy atom. The number of amides is 1. The van der Waals surface area contributed by atoms with Crippen molar-refractivity contribution in [3.63, 3.8) is 0 Å². The van der Waals surface area contributed by atoms with Crippen molar-refractivity contribution >= 4 is 34.3 Å². The van der Waals surface area contributed by atoms with E-state index < -0.39 is 0 Å². The van der Waals surface area contributed by atoms with Gasteiger partial charge in [0.1, 0.15) is 10.8 Å². The van der Waals surface area contributed by atoms with Crippen molar-refractivity contribution in [3.8, 4) is 11.4 Å². The van der Waals surface area contributed by atoms with E-state index in [0.717, 1.165) is 21.5 Å². The van der Waals surface area contributed by atoms with Crippen LogP contribution in [-0.2, 0) is 4.79 Å². The molecule has 6 heteroatoms. The van der Waals surface area contributed by atoms with Crippen LogP contribution in [0.15, 0.2) is 83.9 Å². The number of carbonyl (C=O) groups is 1. The highest BCUT2D eigenvalue weighted by atomic mass is 32.2. The van der Waals surface area contributed by atoms with Gasteiger partial charge in [-0.1, -0.05) is 66.4 Å². The third-order valence-electron chi connectivity index (χ3n) is 4.05. The molecule has 0 atom stereocenters. The fourth-order valence-electron chi connectivity index (χ4n) is 2.77. The molecule has 4 nitrogen and oxygen atoms in total. The summed E-state index contributed by atoms with van der Waals surface area (Å²) < 4.78 is 13.3. The van der Waals surface area contributed by atoms with Crippen molar-refractivity contribution < 1.29 is 9.18 Å². The van der Waals surface area contributed by atoms with Gasteiger partial charge in [-0.25, -0.2) is 14.4 Å². The average molecular weight is 389 g/mol. The van der Waals surface area contributed by atoms with Crippen LogP contribution in [-0.4, -0.2) is 21.6 Å². The summed E-state index contributed by atoms with van der Waals surface area (Å²) >= 11 is 1.33. The first kappa shape index (κ1) is 18.1. The second-order valence-corrected chi connectivity index (χ2v) is 7.05. The average Bonchev–Trinajstić information content (AvgIpc) is 2.72. The highest BCUT2D eigenvalue weighted by molar-refractivity contribution is 8.00. The molecule has 1 N–H and O–H groups in total. The topological polar surface area (TPSA) is 54.9 Å². The fourth-order valence-corrected chi connectivity index (χ4v) is 3.59. The standard InChI is InChI=1S/C22H16FN3OS/c23-16-9-6-10-17(13-16)24-20(27)14-28-22-18-11-4-5-12-19(18)25-21(26-22)15-7-2-1-3-8-15/h1-13H,14H2,(H,24,27). The van der Waals surface area contributed by atoms with E-state index in [2.05, 4.69) is 15.3 Å². The molecule has 0 aliphatic heterocycles. The maximum absolute atomic E-state index is 13.3. The Morgan fingerprint density at radius 1 is 0.929 bits per heavy atom. The number of nitrogens with zero attached hydrogens (tertiary/aromatic N) is 2. The normalized spacial score (nSPS) is 10.8. The Labute approximate surface area is 165 Å². The lowest BCUT2D eigenvalue weighted by molar-refractivity contribution is -0.113. The molecule has 0 aliphatic carbocycles. The van der Waals surface area contributed by atoms with Gasteiger partial charge in [0.05, 0.1) is 11.3 Å². The molecule has 0 spiro atoms. The van der Waals surface area contributed by atoms with Crippen LogP contribution in [0.4, 0.5) is 10.1 Å². The number of nitrogens with one attached hydrogen (secondary N) is 1. The molecule has 0 bridgehead atoms. The zero-order valence-electron chi connectivity index (χ0n) is 14.8. The summed E-state index contributed by atoms with van der Waals surface area (Å²) in [4.78, 5) is 21.6. The Bertz CT molecular complexity index is 1130. The summed E-state index contributed by atoms with van der Waals surface area (Å²) in [6, 6.07) is 23.3. The van der Waals surface area contributed by atoms with E-state index in [0.29, 0.717) is 11.5 Å². The van der Waals surface area contributed by atoms with Crippen LogP contribution in [0.25, 0.3) is 22.3 Å². The number of anilines is 1. The van der Waals surface area contributed by atoms with Gasteiger partial charge in [0.15, 0.2) is 5.82 Å². The molecule has 0 radical (unpaired) electrons. The lowest BCUT2D eigenvalue weighted by Gasteiger charge is -2.09. The Hall–Kier alpha value is -3.25. The smallest absolute Gasteiger partial charge is 0.234 e. The van der Waals surface area contributed by atoms with Crippen molar-refractivity contribution in [2.75, 3.05) is 11.1 Å². The molecule has 0 fully saturated rings. The molecule has 4 rings (SSSR count). The van der Waals surface area contributed by atoms with Crippen molar-refractivity contribution in [1.29, 1.82) is 0 Å². The molecular formula is C22H16FN3OS. The highest BCUT2D eigenvalue weighted by Crippen LogP contribution is 2.28. The number of hydrogen-bond acceptors (Lipinski definition) is 4. The molecule has 0 saturated heterocycles. The summed E-state index contributed by atoms with van der Waals surface area (Å²) in [5.41, 5.74) is 2.17. The lowest BCUT2D eigenvalue weighted by atomic mass is 10.2. The number of para-hydroxylation sites is 1. The first-order valence-electron chi connectivity index (χ1n) is 8.69. The molecule has 1 aromatic heterocycles.